The van der Waals surface area contributed by atoms with E-state index < -0.39 is 0 Å². The van der Waals surface area contributed by atoms with E-state index in [1.807, 2.05) is 43.6 Å². The van der Waals surface area contributed by atoms with Crippen molar-refractivity contribution in [3.8, 4) is 0 Å². The zero-order valence-corrected chi connectivity index (χ0v) is 14.5. The summed E-state index contributed by atoms with van der Waals surface area (Å²) in [6.07, 6.45) is 2.00. The first-order valence-corrected chi connectivity index (χ1v) is 8.51. The molecule has 2 rings (SSSR count). The number of nitrogens with two attached hydrogens (primary N) is 1. The molecule has 5 heteroatoms. The number of thioether (sulfide) groups is 1. The van der Waals surface area contributed by atoms with E-state index in [0.29, 0.717) is 0 Å². The molecule has 0 fully saturated rings. The van der Waals surface area contributed by atoms with Crippen LogP contribution in [0.15, 0.2) is 51.8 Å². The van der Waals surface area contributed by atoms with Crippen molar-refractivity contribution >= 4 is 39.2 Å². The Morgan fingerprint density at radius 2 is 2.00 bits per heavy atom. The molecule has 0 saturated carbocycles. The lowest BCUT2D eigenvalue weighted by Gasteiger charge is -2.23. The van der Waals surface area contributed by atoms with Crippen LogP contribution in [0.3, 0.4) is 0 Å². The third-order valence-electron chi connectivity index (χ3n) is 3.21. The minimum Gasteiger partial charge on any atom is -0.384 e. The molecule has 21 heavy (non-hydrogen) atoms. The molecule has 2 aromatic carbocycles. The number of nitrogens with zero attached hydrogens (tertiary/aromatic N) is 1. The molecule has 0 spiro atoms. The van der Waals surface area contributed by atoms with Crippen molar-refractivity contribution in [3.05, 3.63) is 58.1 Å². The number of hydrogen-bond acceptors (Lipinski definition) is 3. The minimum atomic E-state index is 0.107. The van der Waals surface area contributed by atoms with Gasteiger partial charge in [0.25, 0.3) is 0 Å². The molecule has 0 radical (unpaired) electrons. The molecular weight excluding hydrogens is 346 g/mol. The standard InChI is InChI=1S/C16H18BrN3S/c1-20(10-11-5-3-6-12(17)9-11)13-7-4-8-14(21-2)15(13)16(18)19/h3-9H,10H2,1-2H3,(H3,18,19). The molecule has 0 unspecified atom stereocenters. The molecule has 0 saturated heterocycles. The number of amidine groups is 1. The zero-order chi connectivity index (χ0) is 15.4. The minimum absolute atomic E-state index is 0.107. The lowest BCUT2D eigenvalue weighted by Crippen LogP contribution is -2.22. The van der Waals surface area contributed by atoms with Crippen LogP contribution in [0.2, 0.25) is 0 Å². The Morgan fingerprint density at radius 1 is 1.29 bits per heavy atom. The maximum absolute atomic E-state index is 7.86. The molecule has 110 valence electrons. The molecular formula is C16H18BrN3S. The lowest BCUT2D eigenvalue weighted by molar-refractivity contribution is 0.917. The van der Waals surface area contributed by atoms with E-state index in [1.54, 1.807) is 11.8 Å². The largest absolute Gasteiger partial charge is 0.384 e. The summed E-state index contributed by atoms with van der Waals surface area (Å²) in [5, 5.41) is 7.86. The van der Waals surface area contributed by atoms with Gasteiger partial charge in [-0.05, 0) is 36.1 Å². The third-order valence-corrected chi connectivity index (χ3v) is 4.49. The first-order valence-electron chi connectivity index (χ1n) is 6.50. The second kappa shape index (κ2) is 7.00. The molecule has 0 amide bonds. The van der Waals surface area contributed by atoms with Crippen LogP contribution in [0.1, 0.15) is 11.1 Å². The zero-order valence-electron chi connectivity index (χ0n) is 12.1. The van der Waals surface area contributed by atoms with Gasteiger partial charge in [0.05, 0.1) is 5.56 Å². The first-order chi connectivity index (χ1) is 10.0. The van der Waals surface area contributed by atoms with Crippen molar-refractivity contribution in [2.45, 2.75) is 11.4 Å². The summed E-state index contributed by atoms with van der Waals surface area (Å²) in [4.78, 5) is 3.15. The predicted octanol–water partition coefficient (Wildman–Crippen LogP) is 4.09. The Bertz CT molecular complexity index is 658. The van der Waals surface area contributed by atoms with Gasteiger partial charge in [0.15, 0.2) is 0 Å². The predicted molar refractivity (Wildman–Crippen MR) is 95.5 cm³/mol. The Kier molecular flexibility index (Phi) is 5.31. The number of halogens is 1. The molecule has 3 nitrogen and oxygen atoms in total. The Hall–Kier alpha value is -1.46. The lowest BCUT2D eigenvalue weighted by atomic mass is 10.1. The second-order valence-electron chi connectivity index (χ2n) is 4.75. The smallest absolute Gasteiger partial charge is 0.126 e. The molecule has 0 atom stereocenters. The van der Waals surface area contributed by atoms with E-state index in [2.05, 4.69) is 33.0 Å². The van der Waals surface area contributed by atoms with Crippen molar-refractivity contribution in [3.63, 3.8) is 0 Å². The highest BCUT2D eigenvalue weighted by Gasteiger charge is 2.14. The summed E-state index contributed by atoms with van der Waals surface area (Å²) in [5.74, 6) is 0.107. The van der Waals surface area contributed by atoms with Gasteiger partial charge in [0.2, 0.25) is 0 Å². The molecule has 3 N–H and O–H groups in total. The topological polar surface area (TPSA) is 53.1 Å². The van der Waals surface area contributed by atoms with Crippen LogP contribution in [0.4, 0.5) is 5.69 Å². The molecule has 0 aliphatic rings. The molecule has 0 aliphatic carbocycles. The van der Waals surface area contributed by atoms with Crippen molar-refractivity contribution in [2.24, 2.45) is 5.73 Å². The van der Waals surface area contributed by atoms with E-state index in [1.165, 1.54) is 5.56 Å². The van der Waals surface area contributed by atoms with E-state index in [-0.39, 0.29) is 5.84 Å². The first kappa shape index (κ1) is 15.9. The summed E-state index contributed by atoms with van der Waals surface area (Å²) in [6, 6.07) is 14.2. The Labute approximate surface area is 138 Å². The van der Waals surface area contributed by atoms with Crippen molar-refractivity contribution in [2.75, 3.05) is 18.2 Å². The van der Waals surface area contributed by atoms with Gasteiger partial charge < -0.3 is 10.6 Å². The maximum Gasteiger partial charge on any atom is 0.126 e. The van der Waals surface area contributed by atoms with E-state index >= 15 is 0 Å². The van der Waals surface area contributed by atoms with Gasteiger partial charge in [0, 0.05) is 28.6 Å². The highest BCUT2D eigenvalue weighted by atomic mass is 79.9. The van der Waals surface area contributed by atoms with Crippen molar-refractivity contribution < 1.29 is 0 Å². The SMILES string of the molecule is CSc1cccc(N(C)Cc2cccc(Br)c2)c1C(=N)N. The summed E-state index contributed by atoms with van der Waals surface area (Å²) < 4.78 is 1.07. The fourth-order valence-electron chi connectivity index (χ4n) is 2.27. The number of anilines is 1. The average Bonchev–Trinajstić information content (AvgIpc) is 2.46. The van der Waals surface area contributed by atoms with E-state index in [0.717, 1.165) is 27.2 Å². The second-order valence-corrected chi connectivity index (χ2v) is 6.52. The quantitative estimate of drug-likeness (QED) is 0.477. The summed E-state index contributed by atoms with van der Waals surface area (Å²) >= 11 is 5.10. The van der Waals surface area contributed by atoms with Gasteiger partial charge in [-0.2, -0.15) is 0 Å². The number of rotatable bonds is 5. The number of nitrogen functional groups attached to an aromatic ring is 1. The van der Waals surface area contributed by atoms with Crippen LogP contribution >= 0.6 is 27.7 Å². The van der Waals surface area contributed by atoms with E-state index in [4.69, 9.17) is 11.1 Å². The fourth-order valence-corrected chi connectivity index (χ4v) is 3.35. The summed E-state index contributed by atoms with van der Waals surface area (Å²) in [6.45, 7) is 0.761. The van der Waals surface area contributed by atoms with Gasteiger partial charge in [-0.3, -0.25) is 5.41 Å². The molecule has 0 heterocycles. The summed E-state index contributed by atoms with van der Waals surface area (Å²) in [5.41, 5.74) is 8.78. The Morgan fingerprint density at radius 3 is 2.62 bits per heavy atom. The van der Waals surface area contributed by atoms with Crippen molar-refractivity contribution in [1.29, 1.82) is 5.41 Å². The monoisotopic (exact) mass is 363 g/mol. The summed E-state index contributed by atoms with van der Waals surface area (Å²) in [7, 11) is 2.02. The van der Waals surface area contributed by atoms with Crippen LogP contribution in [0.5, 0.6) is 0 Å². The van der Waals surface area contributed by atoms with Gasteiger partial charge in [-0.25, -0.2) is 0 Å². The van der Waals surface area contributed by atoms with Gasteiger partial charge >= 0.3 is 0 Å². The number of nitrogens with one attached hydrogen (secondary N) is 1. The van der Waals surface area contributed by atoms with Crippen LogP contribution in [0.25, 0.3) is 0 Å². The van der Waals surface area contributed by atoms with Crippen molar-refractivity contribution in [1.82, 2.24) is 0 Å². The highest BCUT2D eigenvalue weighted by Crippen LogP contribution is 2.29. The van der Waals surface area contributed by atoms with Crippen LogP contribution in [-0.4, -0.2) is 19.1 Å². The maximum atomic E-state index is 7.86. The number of benzene rings is 2. The van der Waals surface area contributed by atoms with Gasteiger partial charge in [-0.15, -0.1) is 11.8 Å². The molecule has 2 aromatic rings. The Balaban J connectivity index is 2.35. The van der Waals surface area contributed by atoms with Gasteiger partial charge in [-0.1, -0.05) is 34.1 Å². The average molecular weight is 364 g/mol. The molecule has 0 bridgehead atoms. The normalized spacial score (nSPS) is 10.4. The molecule has 0 aliphatic heterocycles. The third kappa shape index (κ3) is 3.80. The van der Waals surface area contributed by atoms with Crippen LogP contribution in [-0.2, 0) is 6.54 Å². The van der Waals surface area contributed by atoms with Gasteiger partial charge in [0.1, 0.15) is 5.84 Å². The fraction of sp³-hybridized carbons (Fsp3) is 0.188. The number of hydrogen-bond donors (Lipinski definition) is 2. The van der Waals surface area contributed by atoms with Crippen LogP contribution in [0, 0.1) is 5.41 Å². The molecule has 0 aromatic heterocycles. The van der Waals surface area contributed by atoms with Crippen LogP contribution < -0.4 is 10.6 Å². The van der Waals surface area contributed by atoms with E-state index in [9.17, 15) is 0 Å². The highest BCUT2D eigenvalue weighted by molar-refractivity contribution is 9.10.